The molecule has 5 rings (SSSR count). The molecule has 1 atom stereocenters. The Kier molecular flexibility index (Phi) is 6.00. The molecular formula is C27H28FN5O2. The number of benzene rings is 2. The van der Waals surface area contributed by atoms with Gasteiger partial charge in [-0.05, 0) is 60.9 Å². The molecule has 2 aromatic carbocycles. The molecule has 1 saturated heterocycles. The summed E-state index contributed by atoms with van der Waals surface area (Å²) in [5, 5.41) is 4.83. The Morgan fingerprint density at radius 1 is 1.20 bits per heavy atom. The summed E-state index contributed by atoms with van der Waals surface area (Å²) in [7, 11) is 1.92. The van der Waals surface area contributed by atoms with Gasteiger partial charge in [0.2, 0.25) is 5.91 Å². The van der Waals surface area contributed by atoms with E-state index in [1.54, 1.807) is 12.1 Å². The van der Waals surface area contributed by atoms with E-state index in [4.69, 9.17) is 0 Å². The topological polar surface area (TPSA) is 80.5 Å². The van der Waals surface area contributed by atoms with E-state index in [9.17, 15) is 14.0 Å². The molecule has 3 heterocycles. The Balaban J connectivity index is 1.50. The van der Waals surface area contributed by atoms with Crippen LogP contribution in [0.4, 0.5) is 10.1 Å². The third kappa shape index (κ3) is 4.62. The van der Waals surface area contributed by atoms with Crippen LogP contribution in [0.15, 0.2) is 48.5 Å². The number of nitrogens with zero attached hydrogens (tertiary/aromatic N) is 2. The fourth-order valence-corrected chi connectivity index (χ4v) is 4.93. The van der Waals surface area contributed by atoms with E-state index in [-0.39, 0.29) is 30.1 Å². The second-order valence-corrected chi connectivity index (χ2v) is 9.30. The molecule has 0 bridgehead atoms. The highest BCUT2D eigenvalue weighted by Crippen LogP contribution is 2.40. The SMILES string of the molecule is Cc1cc(CC(=O)N2C[C@@H](C)NN(C)C2)c(/C=C2\C(=O)Nc3cccc(-c4cccc(F)c4)c32)[nH]1. The Hall–Kier alpha value is -3.75. The van der Waals surface area contributed by atoms with Gasteiger partial charge in [0, 0.05) is 42.3 Å². The number of aromatic nitrogens is 1. The molecule has 0 unspecified atom stereocenters. The lowest BCUT2D eigenvalue weighted by atomic mass is 9.94. The lowest BCUT2D eigenvalue weighted by Crippen LogP contribution is -2.58. The lowest BCUT2D eigenvalue weighted by molar-refractivity contribution is -0.136. The van der Waals surface area contributed by atoms with E-state index in [0.717, 1.165) is 28.1 Å². The normalized spacial score (nSPS) is 19.2. The van der Waals surface area contributed by atoms with Crippen LogP contribution in [0.3, 0.4) is 0 Å². The average molecular weight is 474 g/mol. The van der Waals surface area contributed by atoms with Crippen molar-refractivity contribution in [2.24, 2.45) is 0 Å². The van der Waals surface area contributed by atoms with E-state index in [2.05, 4.69) is 15.7 Å². The maximum Gasteiger partial charge on any atom is 0.256 e. The van der Waals surface area contributed by atoms with Gasteiger partial charge in [0.1, 0.15) is 5.82 Å². The molecule has 2 aliphatic heterocycles. The number of amides is 2. The molecule has 35 heavy (non-hydrogen) atoms. The van der Waals surface area contributed by atoms with Crippen LogP contribution in [0.5, 0.6) is 0 Å². The van der Waals surface area contributed by atoms with E-state index >= 15 is 0 Å². The van der Waals surface area contributed by atoms with Crippen LogP contribution in [-0.4, -0.2) is 53.0 Å². The van der Waals surface area contributed by atoms with Crippen LogP contribution in [0.1, 0.15) is 29.4 Å². The minimum Gasteiger partial charge on any atom is -0.359 e. The third-order valence-corrected chi connectivity index (χ3v) is 6.33. The Labute approximate surface area is 203 Å². The first-order valence-electron chi connectivity index (χ1n) is 11.6. The Morgan fingerprint density at radius 3 is 2.77 bits per heavy atom. The number of hydrazine groups is 1. The summed E-state index contributed by atoms with van der Waals surface area (Å²) in [6.45, 7) is 5.11. The van der Waals surface area contributed by atoms with Gasteiger partial charge in [-0.25, -0.2) is 14.8 Å². The summed E-state index contributed by atoms with van der Waals surface area (Å²) in [4.78, 5) is 31.2. The number of nitrogens with one attached hydrogen (secondary N) is 3. The zero-order chi connectivity index (χ0) is 24.7. The number of aromatic amines is 1. The molecule has 1 fully saturated rings. The number of H-pyrrole nitrogens is 1. The van der Waals surface area contributed by atoms with Crippen LogP contribution in [0.25, 0.3) is 22.8 Å². The maximum absolute atomic E-state index is 14.0. The van der Waals surface area contributed by atoms with E-state index < -0.39 is 0 Å². The number of fused-ring (bicyclic) bond motifs is 1. The average Bonchev–Trinajstić information content (AvgIpc) is 3.31. The van der Waals surface area contributed by atoms with Crippen LogP contribution < -0.4 is 10.7 Å². The van der Waals surface area contributed by atoms with Crippen molar-refractivity contribution >= 4 is 29.2 Å². The second kappa shape index (κ2) is 9.13. The van der Waals surface area contributed by atoms with Gasteiger partial charge in [0.25, 0.3) is 5.91 Å². The van der Waals surface area contributed by atoms with Crippen molar-refractivity contribution in [3.8, 4) is 11.1 Å². The first-order valence-corrected chi connectivity index (χ1v) is 11.6. The van der Waals surface area contributed by atoms with Gasteiger partial charge < -0.3 is 15.2 Å². The van der Waals surface area contributed by atoms with Crippen molar-refractivity contribution in [3.63, 3.8) is 0 Å². The number of aryl methyl sites for hydroxylation is 1. The lowest BCUT2D eigenvalue weighted by Gasteiger charge is -2.37. The molecule has 0 spiro atoms. The summed E-state index contributed by atoms with van der Waals surface area (Å²) in [6, 6.07) is 14.0. The Bertz CT molecular complexity index is 1340. The van der Waals surface area contributed by atoms with Crippen molar-refractivity contribution in [2.75, 3.05) is 25.6 Å². The zero-order valence-electron chi connectivity index (χ0n) is 20.0. The molecule has 2 aliphatic rings. The number of rotatable bonds is 4. The summed E-state index contributed by atoms with van der Waals surface area (Å²) >= 11 is 0. The molecule has 3 aromatic rings. The Morgan fingerprint density at radius 2 is 2.00 bits per heavy atom. The van der Waals surface area contributed by atoms with Gasteiger partial charge in [-0.2, -0.15) is 0 Å². The standard InChI is InChI=1S/C27H28FN5O2/c1-16-10-19(12-25(34)33-14-17(2)31-32(3)15-33)24(29-16)13-22-26-21(18-6-4-7-20(28)11-18)8-5-9-23(26)30-27(22)35/h4-11,13,17,29,31H,12,14-15H2,1-3H3,(H,30,35)/b22-13-/t17-/m1/s1. The van der Waals surface area contributed by atoms with Gasteiger partial charge in [0.05, 0.1) is 18.7 Å². The summed E-state index contributed by atoms with van der Waals surface area (Å²) in [5.41, 5.74) is 9.09. The summed E-state index contributed by atoms with van der Waals surface area (Å²) < 4.78 is 14.0. The summed E-state index contributed by atoms with van der Waals surface area (Å²) in [5.74, 6) is -0.539. The second-order valence-electron chi connectivity index (χ2n) is 9.30. The van der Waals surface area contributed by atoms with E-state index in [1.165, 1.54) is 12.1 Å². The summed E-state index contributed by atoms with van der Waals surface area (Å²) in [6.07, 6.45) is 2.02. The predicted molar refractivity (Wildman–Crippen MR) is 135 cm³/mol. The highest BCUT2D eigenvalue weighted by atomic mass is 19.1. The number of carbonyl (C=O) groups is 2. The number of anilines is 1. The number of carbonyl (C=O) groups excluding carboxylic acids is 2. The van der Waals surface area contributed by atoms with E-state index in [1.807, 2.05) is 61.1 Å². The quantitative estimate of drug-likeness (QED) is 0.504. The van der Waals surface area contributed by atoms with Crippen LogP contribution in [0, 0.1) is 12.7 Å². The zero-order valence-corrected chi connectivity index (χ0v) is 20.0. The van der Waals surface area contributed by atoms with Gasteiger partial charge in [-0.3, -0.25) is 9.59 Å². The van der Waals surface area contributed by atoms with Crippen LogP contribution in [-0.2, 0) is 16.0 Å². The number of hydrogen-bond acceptors (Lipinski definition) is 4. The molecule has 0 aliphatic carbocycles. The van der Waals surface area contributed by atoms with Crippen molar-refractivity contribution in [1.29, 1.82) is 0 Å². The van der Waals surface area contributed by atoms with Crippen LogP contribution >= 0.6 is 0 Å². The molecule has 1 aromatic heterocycles. The van der Waals surface area contributed by atoms with Crippen LogP contribution in [0.2, 0.25) is 0 Å². The highest BCUT2D eigenvalue weighted by Gasteiger charge is 2.29. The van der Waals surface area contributed by atoms with Gasteiger partial charge in [-0.1, -0.05) is 24.3 Å². The van der Waals surface area contributed by atoms with Crippen molar-refractivity contribution in [2.45, 2.75) is 26.3 Å². The molecule has 8 heteroatoms. The molecule has 7 nitrogen and oxygen atoms in total. The predicted octanol–water partition coefficient (Wildman–Crippen LogP) is 3.79. The third-order valence-electron chi connectivity index (χ3n) is 6.33. The van der Waals surface area contributed by atoms with Crippen molar-refractivity contribution < 1.29 is 14.0 Å². The van der Waals surface area contributed by atoms with Crippen molar-refractivity contribution in [3.05, 3.63) is 76.9 Å². The van der Waals surface area contributed by atoms with Gasteiger partial charge >= 0.3 is 0 Å². The van der Waals surface area contributed by atoms with Crippen molar-refractivity contribution in [1.82, 2.24) is 20.3 Å². The van der Waals surface area contributed by atoms with Gasteiger partial charge in [0.15, 0.2) is 0 Å². The minimum atomic E-state index is -0.336. The number of halogens is 1. The fraction of sp³-hybridized carbons (Fsp3) is 0.259. The molecule has 0 radical (unpaired) electrons. The monoisotopic (exact) mass is 473 g/mol. The molecule has 3 N–H and O–H groups in total. The molecule has 0 saturated carbocycles. The molecular weight excluding hydrogens is 445 g/mol. The molecule has 180 valence electrons. The molecule has 2 amide bonds. The fourth-order valence-electron chi connectivity index (χ4n) is 4.93. The largest absolute Gasteiger partial charge is 0.359 e. The van der Waals surface area contributed by atoms with Gasteiger partial charge in [-0.15, -0.1) is 0 Å². The highest BCUT2D eigenvalue weighted by molar-refractivity contribution is 6.36. The maximum atomic E-state index is 14.0. The first kappa shape index (κ1) is 23.0. The number of hydrogen-bond donors (Lipinski definition) is 3. The van der Waals surface area contributed by atoms with E-state index in [0.29, 0.717) is 30.0 Å². The minimum absolute atomic E-state index is 0.0283. The first-order chi connectivity index (χ1) is 16.8. The smallest absolute Gasteiger partial charge is 0.256 e.